The van der Waals surface area contributed by atoms with Crippen LogP contribution in [0.3, 0.4) is 0 Å². The van der Waals surface area contributed by atoms with Crippen LogP contribution in [0, 0.1) is 0 Å². The number of benzene rings is 2. The Labute approximate surface area is 135 Å². The van der Waals surface area contributed by atoms with Crippen LogP contribution in [0.5, 0.6) is 5.75 Å². The standard InChI is InChI=1S/C17H17O5P/c1-2-17(18)20-13-14-21-23(19,16-11-7-4-8-12-16)22-15-9-5-3-6-10-15/h2-12H,1,13-14H2. The second-order valence-corrected chi connectivity index (χ2v) is 6.39. The molecular weight excluding hydrogens is 315 g/mol. The van der Waals surface area contributed by atoms with Crippen LogP contribution in [0.2, 0.25) is 0 Å². The molecule has 0 heterocycles. The van der Waals surface area contributed by atoms with Gasteiger partial charge in [-0.05, 0) is 24.3 Å². The van der Waals surface area contributed by atoms with Crippen LogP contribution >= 0.6 is 7.60 Å². The van der Waals surface area contributed by atoms with Crippen LogP contribution in [0.25, 0.3) is 0 Å². The first-order valence-electron chi connectivity index (χ1n) is 6.98. The lowest BCUT2D eigenvalue weighted by Crippen LogP contribution is -2.15. The first-order valence-corrected chi connectivity index (χ1v) is 8.52. The van der Waals surface area contributed by atoms with Gasteiger partial charge < -0.3 is 9.26 Å². The van der Waals surface area contributed by atoms with E-state index in [0.29, 0.717) is 11.1 Å². The van der Waals surface area contributed by atoms with Gasteiger partial charge in [0.05, 0.1) is 11.9 Å². The van der Waals surface area contributed by atoms with Crippen molar-refractivity contribution in [2.24, 2.45) is 0 Å². The number of ether oxygens (including phenoxy) is 1. The molecule has 2 aromatic carbocycles. The van der Waals surface area contributed by atoms with Gasteiger partial charge in [0, 0.05) is 6.08 Å². The maximum Gasteiger partial charge on any atom is 0.410 e. The monoisotopic (exact) mass is 332 g/mol. The number of hydrogen-bond donors (Lipinski definition) is 0. The Bertz CT molecular complexity index is 685. The summed E-state index contributed by atoms with van der Waals surface area (Å²) in [5.74, 6) is -0.130. The van der Waals surface area contributed by atoms with Crippen LogP contribution in [-0.4, -0.2) is 19.2 Å². The van der Waals surface area contributed by atoms with E-state index in [1.54, 1.807) is 48.5 Å². The minimum absolute atomic E-state index is 0.0418. The number of carbonyl (C=O) groups is 1. The molecule has 1 unspecified atom stereocenters. The predicted octanol–water partition coefficient (Wildman–Crippen LogP) is 3.33. The number of para-hydroxylation sites is 1. The molecule has 2 rings (SSSR count). The molecule has 2 aromatic rings. The zero-order valence-electron chi connectivity index (χ0n) is 12.5. The Morgan fingerprint density at radius 1 is 1.00 bits per heavy atom. The van der Waals surface area contributed by atoms with Crippen molar-refractivity contribution < 1.29 is 23.1 Å². The second-order valence-electron chi connectivity index (χ2n) is 4.44. The number of carbonyl (C=O) groups excluding carboxylic acids is 1. The highest BCUT2D eigenvalue weighted by Gasteiger charge is 2.29. The molecule has 0 radical (unpaired) electrons. The Morgan fingerprint density at radius 3 is 2.22 bits per heavy atom. The summed E-state index contributed by atoms with van der Waals surface area (Å²) in [6, 6.07) is 17.4. The van der Waals surface area contributed by atoms with Crippen molar-refractivity contribution in [1.82, 2.24) is 0 Å². The van der Waals surface area contributed by atoms with Crippen molar-refractivity contribution in [2.75, 3.05) is 13.2 Å². The Morgan fingerprint density at radius 2 is 1.61 bits per heavy atom. The summed E-state index contributed by atoms with van der Waals surface area (Å²) in [6.07, 6.45) is 1.05. The molecule has 0 bridgehead atoms. The largest absolute Gasteiger partial charge is 0.460 e. The van der Waals surface area contributed by atoms with Gasteiger partial charge in [-0.2, -0.15) is 0 Å². The molecule has 0 amide bonds. The van der Waals surface area contributed by atoms with Gasteiger partial charge in [-0.15, -0.1) is 0 Å². The quantitative estimate of drug-likeness (QED) is 0.321. The lowest BCUT2D eigenvalue weighted by molar-refractivity contribution is -0.138. The molecule has 0 saturated carbocycles. The van der Waals surface area contributed by atoms with Gasteiger partial charge in [-0.25, -0.2) is 9.36 Å². The summed E-state index contributed by atoms with van der Waals surface area (Å²) in [5.41, 5.74) is 0. The first-order chi connectivity index (χ1) is 11.1. The highest BCUT2D eigenvalue weighted by Crippen LogP contribution is 2.47. The van der Waals surface area contributed by atoms with Gasteiger partial charge >= 0.3 is 13.6 Å². The maximum atomic E-state index is 13.1. The fourth-order valence-electron chi connectivity index (χ4n) is 1.74. The summed E-state index contributed by atoms with van der Waals surface area (Å²) >= 11 is 0. The van der Waals surface area contributed by atoms with E-state index in [1.165, 1.54) is 0 Å². The third kappa shape index (κ3) is 5.09. The minimum atomic E-state index is -3.58. The van der Waals surface area contributed by atoms with Gasteiger partial charge in [-0.1, -0.05) is 43.0 Å². The molecule has 0 aliphatic rings. The molecule has 120 valence electrons. The van der Waals surface area contributed by atoms with Crippen LogP contribution in [0.4, 0.5) is 0 Å². The van der Waals surface area contributed by atoms with E-state index in [-0.39, 0.29) is 13.2 Å². The molecule has 0 spiro atoms. The SMILES string of the molecule is C=CC(=O)OCCOP(=O)(Oc1ccccc1)c1ccccc1. The van der Waals surface area contributed by atoms with Crippen LogP contribution < -0.4 is 9.83 Å². The van der Waals surface area contributed by atoms with Gasteiger partial charge in [-0.3, -0.25) is 4.52 Å². The van der Waals surface area contributed by atoms with Crippen LogP contribution in [0.1, 0.15) is 0 Å². The zero-order valence-corrected chi connectivity index (χ0v) is 13.4. The molecule has 0 N–H and O–H groups in total. The first kappa shape index (κ1) is 17.0. The molecule has 0 aliphatic carbocycles. The summed E-state index contributed by atoms with van der Waals surface area (Å²) in [7, 11) is -3.58. The van der Waals surface area contributed by atoms with E-state index >= 15 is 0 Å². The van der Waals surface area contributed by atoms with Crippen molar-refractivity contribution in [3.05, 3.63) is 73.3 Å². The summed E-state index contributed by atoms with van der Waals surface area (Å²) in [4.78, 5) is 11.0. The van der Waals surface area contributed by atoms with Gasteiger partial charge in [0.25, 0.3) is 0 Å². The van der Waals surface area contributed by atoms with Crippen LogP contribution in [0.15, 0.2) is 73.3 Å². The zero-order chi connectivity index (χ0) is 16.5. The van der Waals surface area contributed by atoms with Gasteiger partial charge in [0.2, 0.25) is 0 Å². The van der Waals surface area contributed by atoms with E-state index in [9.17, 15) is 9.36 Å². The van der Waals surface area contributed by atoms with Gasteiger partial charge in [0.1, 0.15) is 12.4 Å². The van der Waals surface area contributed by atoms with E-state index in [4.69, 9.17) is 13.8 Å². The van der Waals surface area contributed by atoms with Crippen molar-refractivity contribution in [3.8, 4) is 5.75 Å². The molecule has 0 fully saturated rings. The number of esters is 1. The molecule has 6 heteroatoms. The van der Waals surface area contributed by atoms with Crippen molar-refractivity contribution in [3.63, 3.8) is 0 Å². The topological polar surface area (TPSA) is 61.8 Å². The summed E-state index contributed by atoms with van der Waals surface area (Å²) in [5, 5.41) is 0.430. The maximum absolute atomic E-state index is 13.1. The smallest absolute Gasteiger partial charge is 0.410 e. The molecule has 5 nitrogen and oxygen atoms in total. The highest BCUT2D eigenvalue weighted by atomic mass is 31.2. The van der Waals surface area contributed by atoms with E-state index < -0.39 is 13.6 Å². The van der Waals surface area contributed by atoms with Crippen molar-refractivity contribution in [2.45, 2.75) is 0 Å². The Balaban J connectivity index is 2.10. The molecule has 0 aliphatic heterocycles. The lowest BCUT2D eigenvalue weighted by Gasteiger charge is -2.19. The molecule has 23 heavy (non-hydrogen) atoms. The fraction of sp³-hybridized carbons (Fsp3) is 0.118. The third-order valence-corrected chi connectivity index (χ3v) is 4.70. The molecule has 0 aromatic heterocycles. The van der Waals surface area contributed by atoms with Crippen molar-refractivity contribution >= 4 is 18.9 Å². The number of rotatable bonds is 8. The number of hydrogen-bond acceptors (Lipinski definition) is 5. The van der Waals surface area contributed by atoms with E-state index in [1.807, 2.05) is 12.1 Å². The average Bonchev–Trinajstić information content (AvgIpc) is 2.60. The van der Waals surface area contributed by atoms with E-state index in [0.717, 1.165) is 6.08 Å². The van der Waals surface area contributed by atoms with Gasteiger partial charge in [0.15, 0.2) is 0 Å². The molecular formula is C17H17O5P. The molecule has 0 saturated heterocycles. The highest BCUT2D eigenvalue weighted by molar-refractivity contribution is 7.62. The minimum Gasteiger partial charge on any atom is -0.460 e. The van der Waals surface area contributed by atoms with E-state index in [2.05, 4.69) is 6.58 Å². The van der Waals surface area contributed by atoms with Crippen LogP contribution in [-0.2, 0) is 18.6 Å². The Kier molecular flexibility index (Phi) is 6.15. The Hall–Kier alpha value is -2.36. The average molecular weight is 332 g/mol. The van der Waals surface area contributed by atoms with Crippen molar-refractivity contribution in [1.29, 1.82) is 0 Å². The summed E-state index contributed by atoms with van der Waals surface area (Å²) in [6.45, 7) is 3.20. The fourth-order valence-corrected chi connectivity index (χ4v) is 3.30. The lowest BCUT2D eigenvalue weighted by atomic mass is 10.3. The predicted molar refractivity (Wildman–Crippen MR) is 87.9 cm³/mol. The normalized spacial score (nSPS) is 12.9. The molecule has 1 atom stereocenters. The third-order valence-electron chi connectivity index (χ3n) is 2.80. The second kappa shape index (κ2) is 8.32. The summed E-state index contributed by atoms with van der Waals surface area (Å²) < 4.78 is 28.9.